The summed E-state index contributed by atoms with van der Waals surface area (Å²) < 4.78 is 5.25. The van der Waals surface area contributed by atoms with Crippen molar-refractivity contribution in [1.29, 1.82) is 0 Å². The topological polar surface area (TPSA) is 63.2 Å². The van der Waals surface area contributed by atoms with Crippen LogP contribution in [0.3, 0.4) is 0 Å². The molecule has 1 aliphatic rings. The minimum absolute atomic E-state index is 0.186. The van der Waals surface area contributed by atoms with Crippen molar-refractivity contribution in [3.63, 3.8) is 0 Å². The number of anilines is 1. The van der Waals surface area contributed by atoms with Crippen LogP contribution in [0.15, 0.2) is 18.2 Å². The first kappa shape index (κ1) is 14.0. The Morgan fingerprint density at radius 3 is 3.10 bits per heavy atom. The standard InChI is InChI=1S/C15H17N3O2S/c1-9-3-4-12(20-2)10(7-9)14(19)18-15-17-11-5-6-16-8-13(11)21-15/h3-4,7,16H,5-6,8H2,1-2H3,(H,17,18,19). The van der Waals surface area contributed by atoms with Crippen LogP contribution in [0.4, 0.5) is 5.13 Å². The van der Waals surface area contributed by atoms with Gasteiger partial charge in [-0.05, 0) is 19.1 Å². The van der Waals surface area contributed by atoms with Crippen LogP contribution in [0.1, 0.15) is 26.5 Å². The monoisotopic (exact) mass is 303 g/mol. The number of thiazole rings is 1. The van der Waals surface area contributed by atoms with Crippen LogP contribution in [-0.2, 0) is 13.0 Å². The number of methoxy groups -OCH3 is 1. The van der Waals surface area contributed by atoms with Gasteiger partial charge >= 0.3 is 0 Å². The number of rotatable bonds is 3. The number of nitrogens with zero attached hydrogens (tertiary/aromatic N) is 1. The second-order valence-electron chi connectivity index (χ2n) is 4.97. The first-order valence-corrected chi connectivity index (χ1v) is 7.64. The van der Waals surface area contributed by atoms with Gasteiger partial charge in [0, 0.05) is 24.4 Å². The van der Waals surface area contributed by atoms with Crippen LogP contribution >= 0.6 is 11.3 Å². The van der Waals surface area contributed by atoms with Gasteiger partial charge in [0.15, 0.2) is 5.13 Å². The number of carbonyl (C=O) groups is 1. The molecule has 0 radical (unpaired) electrons. The molecule has 0 atom stereocenters. The van der Waals surface area contributed by atoms with Crippen molar-refractivity contribution in [2.24, 2.45) is 0 Å². The normalized spacial score (nSPS) is 13.6. The zero-order valence-electron chi connectivity index (χ0n) is 12.0. The lowest BCUT2D eigenvalue weighted by molar-refractivity contribution is 0.102. The predicted octanol–water partition coefficient (Wildman–Crippen LogP) is 2.36. The molecule has 2 aromatic rings. The molecule has 0 spiro atoms. The lowest BCUT2D eigenvalue weighted by Crippen LogP contribution is -2.22. The molecule has 0 saturated carbocycles. The molecule has 1 aliphatic heterocycles. The van der Waals surface area contributed by atoms with Crippen LogP contribution in [-0.4, -0.2) is 24.5 Å². The summed E-state index contributed by atoms with van der Waals surface area (Å²) in [6.45, 7) is 3.72. The van der Waals surface area contributed by atoms with E-state index in [1.165, 1.54) is 16.2 Å². The number of hydrogen-bond donors (Lipinski definition) is 2. The van der Waals surface area contributed by atoms with Gasteiger partial charge in [-0.15, -0.1) is 11.3 Å². The van der Waals surface area contributed by atoms with Gasteiger partial charge in [0.05, 0.1) is 18.4 Å². The third-order valence-electron chi connectivity index (χ3n) is 3.42. The Bertz CT molecular complexity index is 658. The minimum Gasteiger partial charge on any atom is -0.496 e. The molecule has 2 N–H and O–H groups in total. The van der Waals surface area contributed by atoms with Crippen LogP contribution in [0, 0.1) is 6.92 Å². The number of nitrogens with one attached hydrogen (secondary N) is 2. The van der Waals surface area contributed by atoms with E-state index in [1.54, 1.807) is 13.2 Å². The number of carbonyl (C=O) groups excluding carboxylic acids is 1. The number of fused-ring (bicyclic) bond motifs is 1. The van der Waals surface area contributed by atoms with Crippen molar-refractivity contribution in [3.05, 3.63) is 39.9 Å². The van der Waals surface area contributed by atoms with Gasteiger partial charge in [-0.3, -0.25) is 10.1 Å². The molecule has 5 nitrogen and oxygen atoms in total. The zero-order chi connectivity index (χ0) is 14.8. The average Bonchev–Trinajstić information content (AvgIpc) is 2.89. The highest BCUT2D eigenvalue weighted by Gasteiger charge is 2.18. The molecule has 6 heteroatoms. The Kier molecular flexibility index (Phi) is 3.90. The summed E-state index contributed by atoms with van der Waals surface area (Å²) in [5, 5.41) is 6.83. The van der Waals surface area contributed by atoms with Gasteiger partial charge in [0.25, 0.3) is 5.91 Å². The molecule has 0 bridgehead atoms. The third-order valence-corrected chi connectivity index (χ3v) is 4.44. The molecule has 0 fully saturated rings. The van der Waals surface area contributed by atoms with E-state index in [1.807, 2.05) is 19.1 Å². The highest BCUT2D eigenvalue weighted by molar-refractivity contribution is 7.15. The Labute approximate surface area is 127 Å². The average molecular weight is 303 g/mol. The van der Waals surface area contributed by atoms with Crippen molar-refractivity contribution in [2.45, 2.75) is 19.9 Å². The van der Waals surface area contributed by atoms with Crippen molar-refractivity contribution >= 4 is 22.4 Å². The van der Waals surface area contributed by atoms with E-state index in [0.717, 1.165) is 30.8 Å². The Morgan fingerprint density at radius 2 is 2.33 bits per heavy atom. The number of ether oxygens (including phenoxy) is 1. The molecule has 3 rings (SSSR count). The van der Waals surface area contributed by atoms with Gasteiger partial charge in [-0.1, -0.05) is 11.6 Å². The number of amides is 1. The number of aryl methyl sites for hydroxylation is 1. The Morgan fingerprint density at radius 1 is 1.48 bits per heavy atom. The van der Waals surface area contributed by atoms with Crippen molar-refractivity contribution < 1.29 is 9.53 Å². The summed E-state index contributed by atoms with van der Waals surface area (Å²) in [4.78, 5) is 18.1. The minimum atomic E-state index is -0.186. The molecule has 1 amide bonds. The van der Waals surface area contributed by atoms with Gasteiger partial charge in [0.1, 0.15) is 5.75 Å². The van der Waals surface area contributed by atoms with E-state index in [-0.39, 0.29) is 5.91 Å². The lowest BCUT2D eigenvalue weighted by Gasteiger charge is -2.09. The smallest absolute Gasteiger partial charge is 0.261 e. The second kappa shape index (κ2) is 5.83. The number of hydrogen-bond acceptors (Lipinski definition) is 5. The molecule has 1 aromatic heterocycles. The highest BCUT2D eigenvalue weighted by Crippen LogP contribution is 2.27. The molecule has 0 unspecified atom stereocenters. The number of aromatic nitrogens is 1. The van der Waals surface area contributed by atoms with E-state index in [0.29, 0.717) is 16.4 Å². The summed E-state index contributed by atoms with van der Waals surface area (Å²) in [5.74, 6) is 0.385. The molecule has 2 heterocycles. The summed E-state index contributed by atoms with van der Waals surface area (Å²) >= 11 is 1.53. The number of benzene rings is 1. The first-order valence-electron chi connectivity index (χ1n) is 6.82. The zero-order valence-corrected chi connectivity index (χ0v) is 12.8. The molecule has 0 saturated heterocycles. The third kappa shape index (κ3) is 2.91. The van der Waals surface area contributed by atoms with Crippen LogP contribution in [0.25, 0.3) is 0 Å². The van der Waals surface area contributed by atoms with Gasteiger partial charge in [0.2, 0.25) is 0 Å². The summed E-state index contributed by atoms with van der Waals surface area (Å²) in [7, 11) is 1.56. The van der Waals surface area contributed by atoms with Gasteiger partial charge in [-0.2, -0.15) is 0 Å². The molecular formula is C15H17N3O2S. The highest BCUT2D eigenvalue weighted by atomic mass is 32.1. The van der Waals surface area contributed by atoms with E-state index < -0.39 is 0 Å². The van der Waals surface area contributed by atoms with Gasteiger partial charge < -0.3 is 10.1 Å². The summed E-state index contributed by atoms with van der Waals surface area (Å²) in [6, 6.07) is 5.55. The van der Waals surface area contributed by atoms with Crippen LogP contribution in [0.5, 0.6) is 5.75 Å². The maximum Gasteiger partial charge on any atom is 0.261 e. The Balaban J connectivity index is 1.83. The van der Waals surface area contributed by atoms with Crippen molar-refractivity contribution in [2.75, 3.05) is 19.0 Å². The predicted molar refractivity (Wildman–Crippen MR) is 83.2 cm³/mol. The molecule has 110 valence electrons. The fraction of sp³-hybridized carbons (Fsp3) is 0.333. The van der Waals surface area contributed by atoms with E-state index in [4.69, 9.17) is 4.74 Å². The van der Waals surface area contributed by atoms with E-state index >= 15 is 0 Å². The Hall–Kier alpha value is -1.92. The molecule has 1 aromatic carbocycles. The van der Waals surface area contributed by atoms with E-state index in [9.17, 15) is 4.79 Å². The fourth-order valence-electron chi connectivity index (χ4n) is 2.34. The largest absolute Gasteiger partial charge is 0.496 e. The van der Waals surface area contributed by atoms with Crippen LogP contribution < -0.4 is 15.4 Å². The van der Waals surface area contributed by atoms with E-state index in [2.05, 4.69) is 15.6 Å². The van der Waals surface area contributed by atoms with Crippen molar-refractivity contribution in [1.82, 2.24) is 10.3 Å². The quantitative estimate of drug-likeness (QED) is 0.913. The summed E-state index contributed by atoms with van der Waals surface area (Å²) in [5.41, 5.74) is 2.64. The fourth-order valence-corrected chi connectivity index (χ4v) is 3.32. The maximum absolute atomic E-state index is 12.4. The SMILES string of the molecule is COc1ccc(C)cc1C(=O)Nc1nc2c(s1)CNCC2. The van der Waals surface area contributed by atoms with Gasteiger partial charge in [-0.25, -0.2) is 4.98 Å². The lowest BCUT2D eigenvalue weighted by atomic mass is 10.1. The second-order valence-corrected chi connectivity index (χ2v) is 6.06. The maximum atomic E-state index is 12.4. The summed E-state index contributed by atoms with van der Waals surface area (Å²) in [6.07, 6.45) is 0.912. The first-order chi connectivity index (χ1) is 10.2. The molecular weight excluding hydrogens is 286 g/mol. The van der Waals surface area contributed by atoms with Crippen LogP contribution in [0.2, 0.25) is 0 Å². The molecule has 0 aliphatic carbocycles. The molecule has 21 heavy (non-hydrogen) atoms. The van der Waals surface area contributed by atoms with Crippen molar-refractivity contribution in [3.8, 4) is 5.75 Å².